The van der Waals surface area contributed by atoms with Gasteiger partial charge in [-0.25, -0.2) is 4.68 Å². The summed E-state index contributed by atoms with van der Waals surface area (Å²) in [6.45, 7) is 1.86. The number of amides is 1. The van der Waals surface area contributed by atoms with Crippen molar-refractivity contribution in [1.82, 2.24) is 20.4 Å². The van der Waals surface area contributed by atoms with Crippen LogP contribution in [0.3, 0.4) is 0 Å². The molecular weight excluding hydrogens is 442 g/mol. The van der Waals surface area contributed by atoms with Gasteiger partial charge in [0.25, 0.3) is 5.91 Å². The number of hydrogen-bond acceptors (Lipinski definition) is 3. The number of para-hydroxylation sites is 2. The third kappa shape index (κ3) is 4.33. The molecule has 34 heavy (non-hydrogen) atoms. The van der Waals surface area contributed by atoms with Crippen molar-refractivity contribution >= 4 is 28.9 Å². The first-order valence-corrected chi connectivity index (χ1v) is 11.4. The van der Waals surface area contributed by atoms with E-state index in [4.69, 9.17) is 17.3 Å². The lowest BCUT2D eigenvalue weighted by molar-refractivity contribution is -0.113. The first-order valence-electron chi connectivity index (χ1n) is 11.0. The molecule has 168 valence electrons. The van der Waals surface area contributed by atoms with Crippen LogP contribution in [0.2, 0.25) is 0 Å². The molecule has 0 fully saturated rings. The Labute approximate surface area is 203 Å². The molecule has 1 aliphatic rings. The van der Waals surface area contributed by atoms with Crippen LogP contribution in [0.5, 0.6) is 0 Å². The monoisotopic (exact) mass is 465 g/mol. The second kappa shape index (κ2) is 9.33. The Hall–Kier alpha value is -4.23. The smallest absolute Gasteiger partial charge is 0.255 e. The number of aromatic nitrogens is 2. The van der Waals surface area contributed by atoms with Gasteiger partial charge < -0.3 is 16.0 Å². The lowest BCUT2D eigenvalue weighted by Crippen LogP contribution is -2.45. The zero-order valence-electron chi connectivity index (χ0n) is 18.5. The zero-order chi connectivity index (χ0) is 23.5. The van der Waals surface area contributed by atoms with Crippen molar-refractivity contribution in [2.75, 3.05) is 5.32 Å². The third-order valence-corrected chi connectivity index (χ3v) is 5.89. The predicted octanol–water partition coefficient (Wildman–Crippen LogP) is 4.97. The number of benzene rings is 3. The maximum atomic E-state index is 13.5. The van der Waals surface area contributed by atoms with Gasteiger partial charge in [-0.3, -0.25) is 4.79 Å². The minimum Gasteiger partial charge on any atom is -0.351 e. The average Bonchev–Trinajstić information content (AvgIpc) is 3.31. The fraction of sp³-hybridized carbons (Fsp3) is 0.0741. The fourth-order valence-electron chi connectivity index (χ4n) is 4.08. The molecule has 5 rings (SSSR count). The zero-order valence-corrected chi connectivity index (χ0v) is 19.3. The number of nitrogens with one attached hydrogen (secondary N) is 3. The van der Waals surface area contributed by atoms with E-state index in [1.54, 1.807) is 0 Å². The van der Waals surface area contributed by atoms with Gasteiger partial charge in [0.2, 0.25) is 0 Å². The first-order chi connectivity index (χ1) is 16.6. The molecule has 4 aromatic rings. The van der Waals surface area contributed by atoms with Gasteiger partial charge in [-0.2, -0.15) is 5.10 Å². The van der Waals surface area contributed by atoms with E-state index in [1.807, 2.05) is 109 Å². The molecule has 2 heterocycles. The second-order valence-corrected chi connectivity index (χ2v) is 8.38. The van der Waals surface area contributed by atoms with Crippen LogP contribution >= 0.6 is 12.2 Å². The quantitative estimate of drug-likeness (QED) is 0.363. The summed E-state index contributed by atoms with van der Waals surface area (Å²) in [7, 11) is 0. The van der Waals surface area contributed by atoms with E-state index in [0.717, 1.165) is 28.2 Å². The van der Waals surface area contributed by atoms with Crippen LogP contribution < -0.4 is 16.0 Å². The highest BCUT2D eigenvalue weighted by atomic mass is 32.1. The highest BCUT2D eigenvalue weighted by molar-refractivity contribution is 7.80. The van der Waals surface area contributed by atoms with E-state index in [1.165, 1.54) is 0 Å². The Morgan fingerprint density at radius 3 is 2.24 bits per heavy atom. The Balaban J connectivity index is 1.62. The number of nitrogens with zero attached hydrogens (tertiary/aromatic N) is 2. The van der Waals surface area contributed by atoms with Crippen LogP contribution in [-0.4, -0.2) is 20.8 Å². The molecule has 1 aromatic heterocycles. The van der Waals surface area contributed by atoms with Crippen LogP contribution in [0.1, 0.15) is 18.5 Å². The maximum Gasteiger partial charge on any atom is 0.255 e. The van der Waals surface area contributed by atoms with E-state index in [9.17, 15) is 4.79 Å². The number of carbonyl (C=O) groups is 1. The SMILES string of the molecule is CC1=C(C(=O)Nc2ccccc2)C(c2cn(-c3ccccc3)nc2-c2ccccc2)NC(=S)N1. The van der Waals surface area contributed by atoms with Crippen LogP contribution in [-0.2, 0) is 4.79 Å². The van der Waals surface area contributed by atoms with E-state index in [-0.39, 0.29) is 5.91 Å². The molecule has 7 heteroatoms. The largest absolute Gasteiger partial charge is 0.351 e. The molecule has 1 atom stereocenters. The fourth-order valence-corrected chi connectivity index (χ4v) is 4.35. The lowest BCUT2D eigenvalue weighted by atomic mass is 9.93. The molecular formula is C27H23N5OS. The average molecular weight is 466 g/mol. The Morgan fingerprint density at radius 1 is 0.941 bits per heavy atom. The minimum atomic E-state index is -0.481. The summed E-state index contributed by atoms with van der Waals surface area (Å²) in [4.78, 5) is 13.5. The van der Waals surface area contributed by atoms with Crippen molar-refractivity contribution < 1.29 is 4.79 Å². The number of hydrogen-bond donors (Lipinski definition) is 3. The molecule has 0 saturated carbocycles. The van der Waals surface area contributed by atoms with Crippen molar-refractivity contribution in [3.8, 4) is 16.9 Å². The summed E-state index contributed by atoms with van der Waals surface area (Å²) in [6, 6.07) is 28.8. The Kier molecular flexibility index (Phi) is 5.93. The molecule has 1 amide bonds. The number of allylic oxidation sites excluding steroid dienone is 1. The summed E-state index contributed by atoms with van der Waals surface area (Å²) >= 11 is 5.47. The van der Waals surface area contributed by atoms with E-state index < -0.39 is 6.04 Å². The van der Waals surface area contributed by atoms with Crippen LogP contribution in [0, 0.1) is 0 Å². The molecule has 0 spiro atoms. The van der Waals surface area contributed by atoms with Crippen LogP contribution in [0.15, 0.2) is 108 Å². The summed E-state index contributed by atoms with van der Waals surface area (Å²) in [6.07, 6.45) is 1.96. The first kappa shape index (κ1) is 21.6. The van der Waals surface area contributed by atoms with Gasteiger partial charge in [-0.15, -0.1) is 0 Å². The molecule has 3 N–H and O–H groups in total. The van der Waals surface area contributed by atoms with Crippen molar-refractivity contribution in [3.05, 3.63) is 114 Å². The highest BCUT2D eigenvalue weighted by Crippen LogP contribution is 2.35. The molecule has 0 radical (unpaired) electrons. The number of carbonyl (C=O) groups excluding carboxylic acids is 1. The van der Waals surface area contributed by atoms with Crippen LogP contribution in [0.25, 0.3) is 16.9 Å². The third-order valence-electron chi connectivity index (χ3n) is 5.67. The molecule has 0 bridgehead atoms. The van der Waals surface area contributed by atoms with Gasteiger partial charge in [-0.05, 0) is 43.4 Å². The number of rotatable bonds is 5. The Bertz CT molecular complexity index is 1360. The van der Waals surface area contributed by atoms with E-state index >= 15 is 0 Å². The van der Waals surface area contributed by atoms with Gasteiger partial charge in [0.05, 0.1) is 23.0 Å². The molecule has 1 aliphatic heterocycles. The van der Waals surface area contributed by atoms with Gasteiger partial charge in [0.15, 0.2) is 5.11 Å². The van der Waals surface area contributed by atoms with E-state index in [2.05, 4.69) is 16.0 Å². The molecule has 0 aliphatic carbocycles. The maximum absolute atomic E-state index is 13.5. The summed E-state index contributed by atoms with van der Waals surface area (Å²) in [5.41, 5.74) is 5.51. The van der Waals surface area contributed by atoms with Crippen molar-refractivity contribution in [2.24, 2.45) is 0 Å². The molecule has 3 aromatic carbocycles. The lowest BCUT2D eigenvalue weighted by Gasteiger charge is -2.30. The number of anilines is 1. The molecule has 1 unspecified atom stereocenters. The topological polar surface area (TPSA) is 71.0 Å². The Morgan fingerprint density at radius 2 is 1.56 bits per heavy atom. The number of thiocarbonyl (C=S) groups is 1. The minimum absolute atomic E-state index is 0.206. The molecule has 0 saturated heterocycles. The summed E-state index contributed by atoms with van der Waals surface area (Å²) < 4.78 is 1.84. The van der Waals surface area contributed by atoms with E-state index in [0.29, 0.717) is 16.4 Å². The van der Waals surface area contributed by atoms with Crippen molar-refractivity contribution in [2.45, 2.75) is 13.0 Å². The van der Waals surface area contributed by atoms with Gasteiger partial charge in [0, 0.05) is 28.7 Å². The van der Waals surface area contributed by atoms with Crippen LogP contribution in [0.4, 0.5) is 5.69 Å². The van der Waals surface area contributed by atoms with Crippen molar-refractivity contribution in [3.63, 3.8) is 0 Å². The highest BCUT2D eigenvalue weighted by Gasteiger charge is 2.33. The van der Waals surface area contributed by atoms with Crippen molar-refractivity contribution in [1.29, 1.82) is 0 Å². The molecule has 6 nitrogen and oxygen atoms in total. The van der Waals surface area contributed by atoms with Gasteiger partial charge >= 0.3 is 0 Å². The van der Waals surface area contributed by atoms with Gasteiger partial charge in [0.1, 0.15) is 0 Å². The second-order valence-electron chi connectivity index (χ2n) is 7.97. The van der Waals surface area contributed by atoms with Gasteiger partial charge in [-0.1, -0.05) is 66.7 Å². The summed E-state index contributed by atoms with van der Waals surface area (Å²) in [5, 5.41) is 14.8. The predicted molar refractivity (Wildman–Crippen MR) is 138 cm³/mol. The normalized spacial score (nSPS) is 15.4. The summed E-state index contributed by atoms with van der Waals surface area (Å²) in [5.74, 6) is -0.206. The standard InChI is InChI=1S/C27H23N5OS/c1-18-23(26(33)29-20-13-7-3-8-14-20)25(30-27(34)28-18)22-17-32(21-15-9-4-10-16-21)31-24(22)19-11-5-2-6-12-19/h2-17,25H,1H3,(H,29,33)(H2,28,30,34).